The molecule has 7 nitrogen and oxygen atoms in total. The van der Waals surface area contributed by atoms with Gasteiger partial charge in [-0.15, -0.1) is 0 Å². The summed E-state index contributed by atoms with van der Waals surface area (Å²) in [6, 6.07) is 6.53. The molecular weight excluding hydrogens is 422 g/mol. The van der Waals surface area contributed by atoms with Crippen LogP contribution in [0.4, 0.5) is 11.5 Å². The van der Waals surface area contributed by atoms with E-state index in [1.807, 2.05) is 19.2 Å². The largest absolute Gasteiger partial charge is 0.342 e. The number of amides is 1. The zero-order valence-corrected chi connectivity index (χ0v) is 19.6. The molecule has 0 bridgehead atoms. The summed E-state index contributed by atoms with van der Waals surface area (Å²) in [5.41, 5.74) is 2.42. The van der Waals surface area contributed by atoms with E-state index in [2.05, 4.69) is 47.9 Å². The minimum atomic E-state index is -0.176. The molecule has 2 aromatic heterocycles. The molecular formula is C24H33N5O2S. The number of pyridine rings is 1. The fourth-order valence-electron chi connectivity index (χ4n) is 5.27. The molecule has 2 fully saturated rings. The Morgan fingerprint density at radius 1 is 1.19 bits per heavy atom. The first kappa shape index (κ1) is 21.7. The third-order valence-electron chi connectivity index (χ3n) is 6.98. The van der Waals surface area contributed by atoms with Crippen LogP contribution < -0.4 is 10.2 Å². The van der Waals surface area contributed by atoms with Gasteiger partial charge in [0, 0.05) is 44.4 Å². The molecule has 0 aliphatic carbocycles. The normalized spacial score (nSPS) is 22.7. The van der Waals surface area contributed by atoms with Crippen molar-refractivity contribution in [1.29, 1.82) is 0 Å². The van der Waals surface area contributed by atoms with Crippen LogP contribution in [0.15, 0.2) is 35.2 Å². The van der Waals surface area contributed by atoms with Crippen LogP contribution in [-0.4, -0.2) is 65.9 Å². The molecule has 172 valence electrons. The predicted molar refractivity (Wildman–Crippen MR) is 128 cm³/mol. The van der Waals surface area contributed by atoms with Gasteiger partial charge in [-0.25, -0.2) is 4.98 Å². The molecule has 0 saturated carbocycles. The van der Waals surface area contributed by atoms with E-state index in [-0.39, 0.29) is 12.3 Å². The Morgan fingerprint density at radius 2 is 2.00 bits per heavy atom. The summed E-state index contributed by atoms with van der Waals surface area (Å²) in [6.07, 6.45) is 5.51. The molecule has 1 atom stereocenters. The Labute approximate surface area is 194 Å². The number of likely N-dealkylation sites (tertiary alicyclic amines) is 2. The van der Waals surface area contributed by atoms with Gasteiger partial charge in [-0.3, -0.25) is 9.69 Å². The smallest absolute Gasteiger partial charge is 0.225 e. The van der Waals surface area contributed by atoms with E-state index in [0.29, 0.717) is 18.6 Å². The van der Waals surface area contributed by atoms with Gasteiger partial charge in [0.2, 0.25) is 12.3 Å². The number of hydrogen-bond acceptors (Lipinski definition) is 7. The summed E-state index contributed by atoms with van der Waals surface area (Å²) in [4.78, 5) is 24.7. The van der Waals surface area contributed by atoms with E-state index < -0.39 is 0 Å². The number of carbonyl (C=O) groups excluding carboxylic acids is 1. The van der Waals surface area contributed by atoms with Crippen LogP contribution in [-0.2, 0) is 16.1 Å². The van der Waals surface area contributed by atoms with Crippen molar-refractivity contribution in [3.63, 3.8) is 0 Å². The summed E-state index contributed by atoms with van der Waals surface area (Å²) in [7, 11) is 0. The van der Waals surface area contributed by atoms with Crippen LogP contribution in [0.2, 0.25) is 0 Å². The van der Waals surface area contributed by atoms with E-state index in [4.69, 9.17) is 4.74 Å². The lowest BCUT2D eigenvalue weighted by Crippen LogP contribution is -2.52. The molecule has 1 N–H and O–H groups in total. The second-order valence-electron chi connectivity index (χ2n) is 8.97. The van der Waals surface area contributed by atoms with Gasteiger partial charge in [0.25, 0.3) is 0 Å². The van der Waals surface area contributed by atoms with Crippen LogP contribution in [0.1, 0.15) is 38.2 Å². The van der Waals surface area contributed by atoms with E-state index in [9.17, 15) is 4.79 Å². The number of ether oxygens (including phenoxy) is 1. The standard InChI is InChI=1S/C24H33N5O2S/c1-2-31-24-26-21-4-3-10-25-22(21)29(24)20-7-13-28(14-8-20)23(30)19-5-11-27(12-6-19)16-18-9-15-32-17-18/h3-4,9-10,15,17,19-20,24,26H,2,5-8,11-14,16H2,1H3. The first-order chi connectivity index (χ1) is 15.7. The molecule has 3 aliphatic heterocycles. The highest BCUT2D eigenvalue weighted by Crippen LogP contribution is 2.36. The maximum Gasteiger partial charge on any atom is 0.225 e. The number of aromatic nitrogens is 1. The average molecular weight is 456 g/mol. The Bertz CT molecular complexity index is 892. The third-order valence-corrected chi connectivity index (χ3v) is 7.71. The number of hydrogen-bond donors (Lipinski definition) is 1. The van der Waals surface area contributed by atoms with E-state index in [0.717, 1.165) is 69.9 Å². The summed E-state index contributed by atoms with van der Waals surface area (Å²) in [6.45, 7) is 7.33. The van der Waals surface area contributed by atoms with Crippen LogP contribution in [0, 0.1) is 5.92 Å². The highest BCUT2D eigenvalue weighted by Gasteiger charge is 2.38. The van der Waals surface area contributed by atoms with E-state index >= 15 is 0 Å². The number of fused-ring (bicyclic) bond motifs is 1. The van der Waals surface area contributed by atoms with E-state index in [1.54, 1.807) is 11.3 Å². The lowest BCUT2D eigenvalue weighted by Gasteiger charge is -2.41. The minimum Gasteiger partial charge on any atom is -0.342 e. The molecule has 1 amide bonds. The van der Waals surface area contributed by atoms with Crippen molar-refractivity contribution in [3.05, 3.63) is 40.7 Å². The van der Waals surface area contributed by atoms with Crippen LogP contribution in [0.5, 0.6) is 0 Å². The molecule has 2 saturated heterocycles. The third kappa shape index (κ3) is 4.49. The van der Waals surface area contributed by atoms with Crippen molar-refractivity contribution in [2.75, 3.05) is 43.0 Å². The van der Waals surface area contributed by atoms with Crippen molar-refractivity contribution in [1.82, 2.24) is 14.8 Å². The molecule has 0 spiro atoms. The second-order valence-corrected chi connectivity index (χ2v) is 9.75. The van der Waals surface area contributed by atoms with E-state index in [1.165, 1.54) is 5.56 Å². The van der Waals surface area contributed by atoms with Crippen LogP contribution in [0.3, 0.4) is 0 Å². The van der Waals surface area contributed by atoms with Crippen molar-refractivity contribution in [3.8, 4) is 0 Å². The first-order valence-electron chi connectivity index (χ1n) is 11.9. The minimum absolute atomic E-state index is 0.176. The van der Waals surface area contributed by atoms with Gasteiger partial charge < -0.3 is 19.9 Å². The molecule has 8 heteroatoms. The van der Waals surface area contributed by atoms with Crippen molar-refractivity contribution in [2.24, 2.45) is 5.92 Å². The monoisotopic (exact) mass is 455 g/mol. The highest BCUT2D eigenvalue weighted by atomic mass is 32.1. The van der Waals surface area contributed by atoms with Gasteiger partial charge in [-0.05, 0) is 80.2 Å². The molecule has 0 aromatic carbocycles. The molecule has 32 heavy (non-hydrogen) atoms. The number of thiophene rings is 1. The Kier molecular flexibility index (Phi) is 6.62. The topological polar surface area (TPSA) is 60.9 Å². The van der Waals surface area contributed by atoms with Crippen molar-refractivity contribution >= 4 is 28.7 Å². The second kappa shape index (κ2) is 9.77. The highest BCUT2D eigenvalue weighted by molar-refractivity contribution is 7.07. The molecule has 3 aliphatic rings. The van der Waals surface area contributed by atoms with Crippen LogP contribution >= 0.6 is 11.3 Å². The summed E-state index contributed by atoms with van der Waals surface area (Å²) >= 11 is 1.75. The first-order valence-corrected chi connectivity index (χ1v) is 12.8. The molecule has 5 heterocycles. The van der Waals surface area contributed by atoms with Gasteiger partial charge in [-0.1, -0.05) is 0 Å². The van der Waals surface area contributed by atoms with Gasteiger partial charge in [0.15, 0.2) is 5.82 Å². The van der Waals surface area contributed by atoms with Gasteiger partial charge in [0.1, 0.15) is 0 Å². The fourth-order valence-corrected chi connectivity index (χ4v) is 5.93. The molecule has 5 rings (SSSR count). The fraction of sp³-hybridized carbons (Fsp3) is 0.583. The van der Waals surface area contributed by atoms with Gasteiger partial charge in [-0.2, -0.15) is 11.3 Å². The quantitative estimate of drug-likeness (QED) is 0.718. The van der Waals surface area contributed by atoms with Crippen molar-refractivity contribution < 1.29 is 9.53 Å². The SMILES string of the molecule is CCOC1Nc2cccnc2N1C1CCN(C(=O)C2CCN(Cc3ccsc3)CC2)CC1. The lowest BCUT2D eigenvalue weighted by molar-refractivity contribution is -0.138. The maximum atomic E-state index is 13.2. The zero-order chi connectivity index (χ0) is 21.9. The molecule has 2 aromatic rings. The number of carbonyl (C=O) groups is 1. The maximum absolute atomic E-state index is 13.2. The molecule has 1 unspecified atom stereocenters. The number of anilines is 2. The zero-order valence-electron chi connectivity index (χ0n) is 18.8. The Hall–Kier alpha value is -2.16. The molecule has 0 radical (unpaired) electrons. The van der Waals surface area contributed by atoms with Crippen molar-refractivity contribution in [2.45, 2.75) is 51.5 Å². The number of rotatable bonds is 6. The summed E-state index contributed by atoms with van der Waals surface area (Å²) in [5, 5.41) is 7.81. The van der Waals surface area contributed by atoms with Gasteiger partial charge in [0.05, 0.1) is 5.69 Å². The average Bonchev–Trinajstić information content (AvgIpc) is 3.47. The van der Waals surface area contributed by atoms with Crippen LogP contribution in [0.25, 0.3) is 0 Å². The van der Waals surface area contributed by atoms with Gasteiger partial charge >= 0.3 is 0 Å². The lowest BCUT2D eigenvalue weighted by atomic mass is 9.93. The summed E-state index contributed by atoms with van der Waals surface area (Å²) in [5.74, 6) is 1.50. The Balaban J connectivity index is 1.14. The number of nitrogens with zero attached hydrogens (tertiary/aromatic N) is 4. The summed E-state index contributed by atoms with van der Waals surface area (Å²) < 4.78 is 5.96. The predicted octanol–water partition coefficient (Wildman–Crippen LogP) is 3.60. The number of piperidine rings is 2. The Morgan fingerprint density at radius 3 is 2.72 bits per heavy atom. The number of nitrogens with one attached hydrogen (secondary N) is 1.